The van der Waals surface area contributed by atoms with Crippen LogP contribution in [0.2, 0.25) is 0 Å². The Kier molecular flexibility index (Phi) is 9.90. The lowest BCUT2D eigenvalue weighted by Crippen LogP contribution is -2.77. The topological polar surface area (TPSA) is 181 Å². The molecular formula is C38H48BNO11. The first-order valence-corrected chi connectivity index (χ1v) is 17.4. The van der Waals surface area contributed by atoms with Gasteiger partial charge in [0.25, 0.3) is 0 Å². The van der Waals surface area contributed by atoms with Gasteiger partial charge in [0.05, 0.1) is 35.8 Å². The van der Waals surface area contributed by atoms with E-state index in [0.29, 0.717) is 11.1 Å². The average molecular weight is 706 g/mol. The van der Waals surface area contributed by atoms with Crippen molar-refractivity contribution in [3.05, 3.63) is 82.9 Å². The highest BCUT2D eigenvalue weighted by atomic mass is 16.6. The molecule has 5 N–H and O–H groups in total. The number of benzene rings is 2. The number of esters is 2. The Bertz CT molecular complexity index is 1690. The molecule has 1 saturated heterocycles. The SMILES string of the molecule is COBN[C@@H](c1ccccc1)[C@@H](O)C(=O)O[C@H]1C[C@@]2(O)[C@@H](OC(=O)c3ccccc3)[C@@H]3[C@]4(C)CO[C@@H]4C[C@H](O)[C@@]3(C)C(=O)[C@H](O)C(=C1C)C2(C)C. The zero-order valence-corrected chi connectivity index (χ0v) is 29.9. The minimum absolute atomic E-state index is 0.0165. The van der Waals surface area contributed by atoms with Crippen molar-refractivity contribution in [3.8, 4) is 0 Å². The Morgan fingerprint density at radius 2 is 1.63 bits per heavy atom. The molecule has 2 aromatic rings. The van der Waals surface area contributed by atoms with Crippen LogP contribution in [0.1, 0.15) is 69.4 Å². The van der Waals surface area contributed by atoms with Crippen LogP contribution in [-0.4, -0.2) is 102 Å². The Hall–Kier alpha value is -3.43. The summed E-state index contributed by atoms with van der Waals surface area (Å²) in [4.78, 5) is 42.5. The van der Waals surface area contributed by atoms with Crippen molar-refractivity contribution < 1.29 is 53.7 Å². The number of nitrogens with one attached hydrogen (secondary N) is 1. The molecule has 274 valence electrons. The van der Waals surface area contributed by atoms with Crippen LogP contribution >= 0.6 is 0 Å². The van der Waals surface area contributed by atoms with E-state index in [1.165, 1.54) is 7.11 Å². The number of Topliss-reactive ketones (excluding diaryl/α,β-unsaturated/α-hetero) is 1. The van der Waals surface area contributed by atoms with Gasteiger partial charge >= 0.3 is 19.6 Å². The van der Waals surface area contributed by atoms with E-state index in [4.69, 9.17) is 18.9 Å². The molecule has 0 radical (unpaired) electrons. The lowest BCUT2D eigenvalue weighted by Gasteiger charge is -2.68. The average Bonchev–Trinajstić information content (AvgIpc) is 3.11. The number of carbonyl (C=O) groups is 3. The van der Waals surface area contributed by atoms with E-state index in [1.807, 2.05) is 6.92 Å². The fourth-order valence-corrected chi connectivity index (χ4v) is 9.37. The van der Waals surface area contributed by atoms with Crippen LogP contribution in [0.15, 0.2) is 71.8 Å². The van der Waals surface area contributed by atoms with Crippen LogP contribution in [0.5, 0.6) is 0 Å². The summed E-state index contributed by atoms with van der Waals surface area (Å²) in [7, 11) is 1.48. The molecule has 12 nitrogen and oxygen atoms in total. The van der Waals surface area contributed by atoms with E-state index in [1.54, 1.807) is 88.4 Å². The Morgan fingerprint density at radius 3 is 2.22 bits per heavy atom. The van der Waals surface area contributed by atoms with E-state index < -0.39 is 88.2 Å². The van der Waals surface area contributed by atoms with Gasteiger partial charge in [0.1, 0.15) is 23.9 Å². The van der Waals surface area contributed by atoms with Gasteiger partial charge in [-0.1, -0.05) is 69.3 Å². The third-order valence-corrected chi connectivity index (χ3v) is 12.5. The highest BCUT2D eigenvalue weighted by Crippen LogP contribution is 2.65. The maximum atomic E-state index is 14.7. The minimum Gasteiger partial charge on any atom is -0.456 e. The summed E-state index contributed by atoms with van der Waals surface area (Å²) in [6.45, 7) is 8.54. The monoisotopic (exact) mass is 705 g/mol. The van der Waals surface area contributed by atoms with Crippen molar-refractivity contribution in [1.82, 2.24) is 5.23 Å². The third kappa shape index (κ3) is 5.78. The number of ether oxygens (including phenoxy) is 3. The number of hydrogen-bond acceptors (Lipinski definition) is 12. The first kappa shape index (κ1) is 37.3. The third-order valence-electron chi connectivity index (χ3n) is 12.5. The van der Waals surface area contributed by atoms with Gasteiger partial charge < -0.3 is 44.5 Å². The molecule has 11 atom stereocenters. The van der Waals surface area contributed by atoms with Gasteiger partial charge in [-0.05, 0) is 42.7 Å². The van der Waals surface area contributed by atoms with Crippen molar-refractivity contribution in [2.75, 3.05) is 13.7 Å². The van der Waals surface area contributed by atoms with Crippen molar-refractivity contribution >= 4 is 25.3 Å². The zero-order valence-electron chi connectivity index (χ0n) is 29.9. The smallest absolute Gasteiger partial charge is 0.361 e. The fraction of sp³-hybridized carbons (Fsp3) is 0.553. The van der Waals surface area contributed by atoms with Crippen molar-refractivity contribution in [2.45, 2.75) is 95.7 Å². The van der Waals surface area contributed by atoms with E-state index in [-0.39, 0.29) is 38.2 Å². The van der Waals surface area contributed by atoms with E-state index in [2.05, 4.69) is 5.23 Å². The Balaban J connectivity index is 1.47. The summed E-state index contributed by atoms with van der Waals surface area (Å²) >= 11 is 0. The number of hydrogen-bond donors (Lipinski definition) is 5. The maximum Gasteiger partial charge on any atom is 0.361 e. The predicted molar refractivity (Wildman–Crippen MR) is 185 cm³/mol. The molecule has 51 heavy (non-hydrogen) atoms. The second kappa shape index (κ2) is 13.5. The summed E-state index contributed by atoms with van der Waals surface area (Å²) < 4.78 is 23.4. The van der Waals surface area contributed by atoms with Crippen molar-refractivity contribution in [3.63, 3.8) is 0 Å². The standard InChI is InChI=1S/C38H48BNO11/c1-20-23(50-34(46)29(43)27(40-39-48-6)21-13-9-7-10-14-21)18-38(47)32(51-33(45)22-15-11-8-12-16-22)30-36(4)19-49-25(36)17-24(41)37(30,5)31(44)28(42)26(20)35(38,2)3/h7-16,23-25,27-30,32,39-43,47H,17-19H2,1-6H3/t23-,24-,25+,27-,28+,29+,30+,32-,36+,37+,38+/m0/s1. The summed E-state index contributed by atoms with van der Waals surface area (Å²) in [5.41, 5.74) is -4.84. The van der Waals surface area contributed by atoms with Crippen LogP contribution in [0.3, 0.4) is 0 Å². The van der Waals surface area contributed by atoms with Crippen LogP contribution in [0.4, 0.5) is 0 Å². The van der Waals surface area contributed by atoms with E-state index >= 15 is 0 Å². The van der Waals surface area contributed by atoms with Crippen molar-refractivity contribution in [2.24, 2.45) is 22.2 Å². The van der Waals surface area contributed by atoms with Gasteiger partial charge in [0, 0.05) is 36.7 Å². The van der Waals surface area contributed by atoms with Gasteiger partial charge in [0.15, 0.2) is 11.9 Å². The first-order valence-electron chi connectivity index (χ1n) is 17.4. The van der Waals surface area contributed by atoms with Gasteiger partial charge in [0.2, 0.25) is 0 Å². The number of ketones is 1. The molecule has 3 fully saturated rings. The highest BCUT2D eigenvalue weighted by Gasteiger charge is 2.75. The molecule has 1 heterocycles. The lowest BCUT2D eigenvalue weighted by atomic mass is 9.42. The van der Waals surface area contributed by atoms with Crippen molar-refractivity contribution in [1.29, 1.82) is 0 Å². The van der Waals surface area contributed by atoms with Gasteiger partial charge in [-0.15, -0.1) is 0 Å². The molecule has 4 aliphatic rings. The molecule has 1 aliphatic heterocycles. The number of rotatable bonds is 9. The zero-order chi connectivity index (χ0) is 37.1. The van der Waals surface area contributed by atoms with Gasteiger partial charge in [-0.2, -0.15) is 0 Å². The summed E-state index contributed by atoms with van der Waals surface area (Å²) in [5, 5.41) is 51.4. The molecule has 2 bridgehead atoms. The van der Waals surface area contributed by atoms with E-state index in [0.717, 1.165) is 0 Å². The van der Waals surface area contributed by atoms with Crippen LogP contribution < -0.4 is 5.23 Å². The van der Waals surface area contributed by atoms with E-state index in [9.17, 15) is 34.8 Å². The molecule has 6 rings (SSSR count). The Morgan fingerprint density at radius 1 is 1.00 bits per heavy atom. The summed E-state index contributed by atoms with van der Waals surface area (Å²) in [5.74, 6) is -3.51. The number of aliphatic hydroxyl groups is 4. The quantitative estimate of drug-likeness (QED) is 0.146. The minimum atomic E-state index is -2.08. The molecule has 13 heteroatoms. The largest absolute Gasteiger partial charge is 0.456 e. The number of aliphatic hydroxyl groups excluding tert-OH is 3. The molecule has 0 spiro atoms. The second-order valence-corrected chi connectivity index (χ2v) is 15.5. The van der Waals surface area contributed by atoms with Crippen LogP contribution in [0, 0.1) is 22.2 Å². The number of carbonyl (C=O) groups excluding carboxylic acids is 3. The first-order chi connectivity index (χ1) is 24.0. The normalized spacial score (nSPS) is 36.6. The molecule has 0 aromatic heterocycles. The lowest BCUT2D eigenvalue weighted by molar-refractivity contribution is -0.313. The number of fused-ring (bicyclic) bond motifs is 5. The fourth-order valence-electron chi connectivity index (χ4n) is 9.37. The van der Waals surface area contributed by atoms with Gasteiger partial charge in [-0.3, -0.25) is 4.79 Å². The molecule has 3 aliphatic carbocycles. The second-order valence-electron chi connectivity index (χ2n) is 15.5. The molecule has 0 amide bonds. The summed E-state index contributed by atoms with van der Waals surface area (Å²) in [6.07, 6.45) is -8.26. The highest BCUT2D eigenvalue weighted by molar-refractivity contribution is 6.23. The maximum absolute atomic E-state index is 14.7. The Labute approximate surface area is 298 Å². The molecule has 0 unspecified atom stereocenters. The summed E-state index contributed by atoms with van der Waals surface area (Å²) in [6, 6.07) is 16.1. The molecular weight excluding hydrogens is 657 g/mol. The van der Waals surface area contributed by atoms with Crippen LogP contribution in [-0.2, 0) is 28.5 Å². The molecule has 2 aromatic carbocycles. The predicted octanol–water partition coefficient (Wildman–Crippen LogP) is 1.94. The van der Waals surface area contributed by atoms with Gasteiger partial charge in [-0.25, -0.2) is 9.59 Å². The van der Waals surface area contributed by atoms with Crippen LogP contribution in [0.25, 0.3) is 0 Å². The molecule has 2 saturated carbocycles.